The monoisotopic (exact) mass is 363 g/mol. The standard InChI is InChI=1S/C19H21N7O/c1-12-22-16-10-21-9-15(16)18(23-12)26-7-3-5-14(11-26)19-24-17(25-27-19)13-4-2-6-20-8-13/h2,4,6,8,14,21H,3,5,7,9-11H2,1H3/t14-/m1/s1. The van der Waals surface area contributed by atoms with Gasteiger partial charge < -0.3 is 14.7 Å². The van der Waals surface area contributed by atoms with E-state index in [9.17, 15) is 0 Å². The van der Waals surface area contributed by atoms with Crippen molar-refractivity contribution in [1.82, 2.24) is 30.4 Å². The van der Waals surface area contributed by atoms with Gasteiger partial charge in [-0.3, -0.25) is 4.98 Å². The Hall–Kier alpha value is -2.87. The average Bonchev–Trinajstić information content (AvgIpc) is 3.38. The zero-order chi connectivity index (χ0) is 18.2. The van der Waals surface area contributed by atoms with Crippen molar-refractivity contribution in [3.05, 3.63) is 47.5 Å². The molecule has 1 saturated heterocycles. The van der Waals surface area contributed by atoms with E-state index in [1.165, 1.54) is 5.56 Å². The van der Waals surface area contributed by atoms with Gasteiger partial charge in [-0.05, 0) is 31.9 Å². The van der Waals surface area contributed by atoms with Crippen molar-refractivity contribution < 1.29 is 4.52 Å². The normalized spacial score (nSPS) is 19.3. The van der Waals surface area contributed by atoms with Gasteiger partial charge in [0.15, 0.2) is 0 Å². The van der Waals surface area contributed by atoms with Crippen LogP contribution >= 0.6 is 0 Å². The molecule has 0 aromatic carbocycles. The summed E-state index contributed by atoms with van der Waals surface area (Å²) >= 11 is 0. The Labute approximate surface area is 157 Å². The van der Waals surface area contributed by atoms with Crippen LogP contribution in [0.25, 0.3) is 11.4 Å². The summed E-state index contributed by atoms with van der Waals surface area (Å²) in [4.78, 5) is 20.4. The van der Waals surface area contributed by atoms with Crippen LogP contribution in [0.4, 0.5) is 5.82 Å². The molecule has 138 valence electrons. The molecule has 0 saturated carbocycles. The van der Waals surface area contributed by atoms with Crippen molar-refractivity contribution in [3.63, 3.8) is 0 Å². The highest BCUT2D eigenvalue weighted by Gasteiger charge is 2.30. The fourth-order valence-corrected chi connectivity index (χ4v) is 3.92. The van der Waals surface area contributed by atoms with Crippen molar-refractivity contribution in [2.75, 3.05) is 18.0 Å². The van der Waals surface area contributed by atoms with Crippen LogP contribution in [0, 0.1) is 6.92 Å². The highest BCUT2D eigenvalue weighted by molar-refractivity contribution is 5.53. The first-order valence-electron chi connectivity index (χ1n) is 9.34. The number of piperidine rings is 1. The molecule has 1 atom stereocenters. The number of pyridine rings is 1. The Bertz CT molecular complexity index is 956. The van der Waals surface area contributed by atoms with E-state index >= 15 is 0 Å². The van der Waals surface area contributed by atoms with E-state index in [1.807, 2.05) is 19.1 Å². The van der Waals surface area contributed by atoms with Gasteiger partial charge in [-0.1, -0.05) is 5.16 Å². The number of hydrogen-bond donors (Lipinski definition) is 1. The number of aryl methyl sites for hydroxylation is 1. The van der Waals surface area contributed by atoms with Gasteiger partial charge in [0.25, 0.3) is 0 Å². The first kappa shape index (κ1) is 16.3. The zero-order valence-corrected chi connectivity index (χ0v) is 15.2. The third-order valence-electron chi connectivity index (χ3n) is 5.21. The van der Waals surface area contributed by atoms with Gasteiger partial charge in [-0.25, -0.2) is 9.97 Å². The first-order chi connectivity index (χ1) is 13.3. The van der Waals surface area contributed by atoms with E-state index in [4.69, 9.17) is 9.51 Å². The second-order valence-electron chi connectivity index (χ2n) is 7.11. The second-order valence-corrected chi connectivity index (χ2v) is 7.11. The lowest BCUT2D eigenvalue weighted by atomic mass is 9.97. The maximum atomic E-state index is 5.60. The molecule has 5 rings (SSSR count). The van der Waals surface area contributed by atoms with Crippen LogP contribution < -0.4 is 10.2 Å². The van der Waals surface area contributed by atoms with E-state index in [1.54, 1.807) is 12.4 Å². The van der Waals surface area contributed by atoms with Crippen LogP contribution in [0.1, 0.15) is 41.7 Å². The molecule has 3 aromatic heterocycles. The molecular formula is C19H21N7O. The zero-order valence-electron chi connectivity index (χ0n) is 15.2. The lowest BCUT2D eigenvalue weighted by Crippen LogP contribution is -2.36. The van der Waals surface area contributed by atoms with Gasteiger partial charge in [-0.15, -0.1) is 0 Å². The minimum absolute atomic E-state index is 0.206. The maximum Gasteiger partial charge on any atom is 0.231 e. The van der Waals surface area contributed by atoms with Crippen LogP contribution in [0.5, 0.6) is 0 Å². The number of nitrogens with one attached hydrogen (secondary N) is 1. The smallest absolute Gasteiger partial charge is 0.231 e. The van der Waals surface area contributed by atoms with Gasteiger partial charge >= 0.3 is 0 Å². The molecule has 2 aliphatic heterocycles. The molecule has 5 heterocycles. The summed E-state index contributed by atoms with van der Waals surface area (Å²) in [5, 5.41) is 7.53. The fourth-order valence-electron chi connectivity index (χ4n) is 3.92. The fraction of sp³-hybridized carbons (Fsp3) is 0.421. The largest absolute Gasteiger partial charge is 0.355 e. The van der Waals surface area contributed by atoms with Gasteiger partial charge in [0.1, 0.15) is 11.6 Å². The highest BCUT2D eigenvalue weighted by Crippen LogP contribution is 2.32. The van der Waals surface area contributed by atoms with E-state index < -0.39 is 0 Å². The van der Waals surface area contributed by atoms with E-state index in [-0.39, 0.29) is 5.92 Å². The third-order valence-corrected chi connectivity index (χ3v) is 5.21. The van der Waals surface area contributed by atoms with Crippen molar-refractivity contribution in [2.45, 2.75) is 38.8 Å². The number of aromatic nitrogens is 5. The molecule has 0 unspecified atom stereocenters. The van der Waals surface area contributed by atoms with Crippen LogP contribution in [-0.4, -0.2) is 38.2 Å². The number of rotatable bonds is 3. The highest BCUT2D eigenvalue weighted by atomic mass is 16.5. The summed E-state index contributed by atoms with van der Waals surface area (Å²) in [6, 6.07) is 3.81. The van der Waals surface area contributed by atoms with Gasteiger partial charge in [0.05, 0.1) is 11.6 Å². The Balaban J connectivity index is 1.40. The number of fused-ring (bicyclic) bond motifs is 1. The van der Waals surface area contributed by atoms with Crippen LogP contribution in [-0.2, 0) is 13.1 Å². The predicted octanol–water partition coefficient (Wildman–Crippen LogP) is 2.22. The average molecular weight is 363 g/mol. The van der Waals surface area contributed by atoms with Crippen LogP contribution in [0.3, 0.4) is 0 Å². The van der Waals surface area contributed by atoms with Gasteiger partial charge in [-0.2, -0.15) is 4.98 Å². The van der Waals surface area contributed by atoms with Crippen LogP contribution in [0.2, 0.25) is 0 Å². The third kappa shape index (κ3) is 3.06. The number of hydrogen-bond acceptors (Lipinski definition) is 8. The molecular weight excluding hydrogens is 342 g/mol. The quantitative estimate of drug-likeness (QED) is 0.757. The second kappa shape index (κ2) is 6.70. The summed E-state index contributed by atoms with van der Waals surface area (Å²) < 4.78 is 5.60. The molecule has 0 amide bonds. The van der Waals surface area contributed by atoms with Gasteiger partial charge in [0, 0.05) is 49.7 Å². The summed E-state index contributed by atoms with van der Waals surface area (Å²) in [7, 11) is 0. The molecule has 1 fully saturated rings. The Morgan fingerprint density at radius 3 is 3.07 bits per heavy atom. The molecule has 0 bridgehead atoms. The van der Waals surface area contributed by atoms with Crippen molar-refractivity contribution in [3.8, 4) is 11.4 Å². The maximum absolute atomic E-state index is 5.60. The van der Waals surface area contributed by atoms with E-state index in [0.29, 0.717) is 11.7 Å². The Morgan fingerprint density at radius 2 is 2.19 bits per heavy atom. The number of nitrogens with zero attached hydrogens (tertiary/aromatic N) is 6. The SMILES string of the molecule is Cc1nc2c(c(N3CCC[C@@H](c4nc(-c5cccnc5)no4)C3)n1)CNC2. The van der Waals surface area contributed by atoms with Crippen molar-refractivity contribution in [1.29, 1.82) is 0 Å². The van der Waals surface area contributed by atoms with Crippen molar-refractivity contribution >= 4 is 5.82 Å². The summed E-state index contributed by atoms with van der Waals surface area (Å²) in [5.41, 5.74) is 3.22. The number of anilines is 1. The molecule has 1 N–H and O–H groups in total. The Kier molecular flexibility index (Phi) is 4.05. The van der Waals surface area contributed by atoms with Gasteiger partial charge in [0.2, 0.25) is 11.7 Å². The lowest BCUT2D eigenvalue weighted by molar-refractivity contribution is 0.333. The summed E-state index contributed by atoms with van der Waals surface area (Å²) in [6.07, 6.45) is 5.60. The molecule has 0 aliphatic carbocycles. The first-order valence-corrected chi connectivity index (χ1v) is 9.34. The Morgan fingerprint density at radius 1 is 1.22 bits per heavy atom. The minimum atomic E-state index is 0.206. The van der Waals surface area contributed by atoms with Crippen molar-refractivity contribution in [2.24, 2.45) is 0 Å². The summed E-state index contributed by atoms with van der Waals surface area (Å²) in [5.74, 6) is 3.37. The van der Waals surface area contributed by atoms with Crippen LogP contribution in [0.15, 0.2) is 29.0 Å². The molecule has 0 spiro atoms. The molecule has 3 aromatic rings. The molecule has 27 heavy (non-hydrogen) atoms. The topological polar surface area (TPSA) is 92.9 Å². The lowest BCUT2D eigenvalue weighted by Gasteiger charge is -2.33. The minimum Gasteiger partial charge on any atom is -0.355 e. The molecule has 2 aliphatic rings. The predicted molar refractivity (Wildman–Crippen MR) is 99.0 cm³/mol. The van der Waals surface area contributed by atoms with E-state index in [2.05, 4.69) is 30.3 Å². The van der Waals surface area contributed by atoms with E-state index in [0.717, 1.165) is 61.9 Å². The molecule has 8 nitrogen and oxygen atoms in total. The molecule has 8 heteroatoms. The molecule has 0 radical (unpaired) electrons. The summed E-state index contributed by atoms with van der Waals surface area (Å²) in [6.45, 7) is 5.43.